The Hall–Kier alpha value is -3.28. The molecule has 6 heteroatoms. The van der Waals surface area contributed by atoms with E-state index in [0.29, 0.717) is 46.5 Å². The molecule has 2 aliphatic rings. The molecular weight excluding hydrogens is 404 g/mol. The molecule has 1 saturated heterocycles. The van der Waals surface area contributed by atoms with Crippen LogP contribution in [0.1, 0.15) is 38.7 Å². The van der Waals surface area contributed by atoms with Gasteiger partial charge in [-0.25, -0.2) is 4.90 Å². The third-order valence-corrected chi connectivity index (χ3v) is 5.96. The molecule has 2 aromatic carbocycles. The number of benzene rings is 2. The van der Waals surface area contributed by atoms with Crippen LogP contribution in [-0.2, 0) is 9.59 Å². The zero-order chi connectivity index (χ0) is 22.7. The minimum absolute atomic E-state index is 0.294. The first kappa shape index (κ1) is 21.9. The standard InChI is InChI=1S/C26H30N2O4/c1-4-15-32-20-11-7-10-19(16-20)28-25(29)23(21-12-5-6-13-22(21)31-3)24(26(28)30)27-14-8-9-18(2)17-27/h5-7,10-13,16,18H,4,8-9,14-15,17H2,1-3H3. The van der Waals surface area contributed by atoms with E-state index in [1.54, 1.807) is 19.2 Å². The van der Waals surface area contributed by atoms with E-state index in [2.05, 4.69) is 11.8 Å². The van der Waals surface area contributed by atoms with Crippen LogP contribution < -0.4 is 14.4 Å². The van der Waals surface area contributed by atoms with Crippen LogP contribution >= 0.6 is 0 Å². The van der Waals surface area contributed by atoms with Crippen molar-refractivity contribution in [2.45, 2.75) is 33.1 Å². The van der Waals surface area contributed by atoms with E-state index in [-0.39, 0.29) is 11.8 Å². The topological polar surface area (TPSA) is 59.1 Å². The molecule has 0 radical (unpaired) electrons. The first-order valence-corrected chi connectivity index (χ1v) is 11.3. The van der Waals surface area contributed by atoms with Crippen molar-refractivity contribution in [3.63, 3.8) is 0 Å². The van der Waals surface area contributed by atoms with Crippen molar-refractivity contribution in [2.24, 2.45) is 5.92 Å². The van der Waals surface area contributed by atoms with Gasteiger partial charge in [0, 0.05) is 24.7 Å². The fourth-order valence-electron chi connectivity index (χ4n) is 4.46. The van der Waals surface area contributed by atoms with Gasteiger partial charge in [0.15, 0.2) is 0 Å². The zero-order valence-corrected chi connectivity index (χ0v) is 19.0. The highest BCUT2D eigenvalue weighted by molar-refractivity contribution is 6.45. The Morgan fingerprint density at radius 2 is 1.88 bits per heavy atom. The van der Waals surface area contributed by atoms with Crippen molar-refractivity contribution >= 4 is 23.1 Å². The number of ether oxygens (including phenoxy) is 2. The van der Waals surface area contributed by atoms with Crippen LogP contribution in [0.5, 0.6) is 11.5 Å². The summed E-state index contributed by atoms with van der Waals surface area (Å²) < 4.78 is 11.3. The summed E-state index contributed by atoms with van der Waals surface area (Å²) in [5, 5.41) is 0. The number of para-hydroxylation sites is 1. The summed E-state index contributed by atoms with van der Waals surface area (Å²) >= 11 is 0. The van der Waals surface area contributed by atoms with Gasteiger partial charge in [0.25, 0.3) is 11.8 Å². The first-order valence-electron chi connectivity index (χ1n) is 11.3. The second-order valence-electron chi connectivity index (χ2n) is 8.41. The molecule has 2 heterocycles. The Bertz CT molecular complexity index is 1050. The predicted molar refractivity (Wildman–Crippen MR) is 125 cm³/mol. The number of carbonyl (C=O) groups is 2. The largest absolute Gasteiger partial charge is 0.496 e. The molecular formula is C26H30N2O4. The van der Waals surface area contributed by atoms with E-state index in [1.165, 1.54) is 4.90 Å². The third-order valence-electron chi connectivity index (χ3n) is 5.96. The van der Waals surface area contributed by atoms with Crippen LogP contribution in [0.15, 0.2) is 54.2 Å². The van der Waals surface area contributed by atoms with Gasteiger partial charge in [-0.15, -0.1) is 0 Å². The molecule has 0 aliphatic carbocycles. The molecule has 0 spiro atoms. The maximum absolute atomic E-state index is 13.8. The molecule has 1 fully saturated rings. The molecule has 1 atom stereocenters. The van der Waals surface area contributed by atoms with Gasteiger partial charge in [0.1, 0.15) is 17.2 Å². The smallest absolute Gasteiger partial charge is 0.282 e. The highest BCUT2D eigenvalue weighted by Crippen LogP contribution is 2.39. The lowest BCUT2D eigenvalue weighted by Crippen LogP contribution is -2.39. The van der Waals surface area contributed by atoms with Crippen LogP contribution in [0.3, 0.4) is 0 Å². The fourth-order valence-corrected chi connectivity index (χ4v) is 4.46. The Labute approximate surface area is 189 Å². The molecule has 0 saturated carbocycles. The molecule has 1 unspecified atom stereocenters. The number of imide groups is 1. The summed E-state index contributed by atoms with van der Waals surface area (Å²) in [4.78, 5) is 30.9. The molecule has 6 nitrogen and oxygen atoms in total. The third kappa shape index (κ3) is 4.09. The highest BCUT2D eigenvalue weighted by Gasteiger charge is 2.44. The maximum Gasteiger partial charge on any atom is 0.282 e. The Balaban J connectivity index is 1.80. The Morgan fingerprint density at radius 1 is 1.06 bits per heavy atom. The van der Waals surface area contributed by atoms with Gasteiger partial charge in [-0.3, -0.25) is 9.59 Å². The zero-order valence-electron chi connectivity index (χ0n) is 19.0. The van der Waals surface area contributed by atoms with Gasteiger partial charge in [0.05, 0.1) is 25.0 Å². The van der Waals surface area contributed by atoms with Crippen LogP contribution in [0.25, 0.3) is 5.57 Å². The van der Waals surface area contributed by atoms with Crippen LogP contribution in [0, 0.1) is 5.92 Å². The molecule has 0 bridgehead atoms. The van der Waals surface area contributed by atoms with Crippen molar-refractivity contribution in [1.29, 1.82) is 0 Å². The van der Waals surface area contributed by atoms with E-state index in [0.717, 1.165) is 32.4 Å². The number of piperidine rings is 1. The number of hydrogen-bond acceptors (Lipinski definition) is 5. The van der Waals surface area contributed by atoms with E-state index in [9.17, 15) is 9.59 Å². The Kier molecular flexibility index (Phi) is 6.49. The normalized spacial score (nSPS) is 19.0. The predicted octanol–water partition coefficient (Wildman–Crippen LogP) is 4.50. The van der Waals surface area contributed by atoms with E-state index < -0.39 is 0 Å². The molecule has 2 aromatic rings. The molecule has 2 aliphatic heterocycles. The van der Waals surface area contributed by atoms with Gasteiger partial charge in [-0.1, -0.05) is 38.1 Å². The second kappa shape index (κ2) is 9.47. The lowest BCUT2D eigenvalue weighted by atomic mass is 9.97. The highest BCUT2D eigenvalue weighted by atomic mass is 16.5. The summed E-state index contributed by atoms with van der Waals surface area (Å²) in [5.74, 6) is 1.05. The number of hydrogen-bond donors (Lipinski definition) is 0. The van der Waals surface area contributed by atoms with E-state index in [4.69, 9.17) is 9.47 Å². The maximum atomic E-state index is 13.8. The molecule has 32 heavy (non-hydrogen) atoms. The number of carbonyl (C=O) groups excluding carboxylic acids is 2. The average Bonchev–Trinajstić information content (AvgIpc) is 3.07. The van der Waals surface area contributed by atoms with E-state index >= 15 is 0 Å². The SMILES string of the molecule is CCCOc1cccc(N2C(=O)C(c3ccccc3OC)=C(N3CCCC(C)C3)C2=O)c1. The molecule has 0 aromatic heterocycles. The van der Waals surface area contributed by atoms with Crippen LogP contribution in [0.2, 0.25) is 0 Å². The summed E-state index contributed by atoms with van der Waals surface area (Å²) in [7, 11) is 1.58. The van der Waals surface area contributed by atoms with Gasteiger partial charge < -0.3 is 14.4 Å². The monoisotopic (exact) mass is 434 g/mol. The summed E-state index contributed by atoms with van der Waals surface area (Å²) in [6, 6.07) is 14.6. The summed E-state index contributed by atoms with van der Waals surface area (Å²) in [6.45, 7) is 6.30. The molecule has 2 amide bonds. The number of rotatable bonds is 7. The van der Waals surface area contributed by atoms with Crippen molar-refractivity contribution < 1.29 is 19.1 Å². The average molecular weight is 435 g/mol. The second-order valence-corrected chi connectivity index (χ2v) is 8.41. The van der Waals surface area contributed by atoms with Crippen LogP contribution in [-0.4, -0.2) is 43.5 Å². The Morgan fingerprint density at radius 3 is 2.62 bits per heavy atom. The van der Waals surface area contributed by atoms with Crippen molar-refractivity contribution in [3.8, 4) is 11.5 Å². The fraction of sp³-hybridized carbons (Fsp3) is 0.385. The molecule has 0 N–H and O–H groups in total. The van der Waals surface area contributed by atoms with Crippen molar-refractivity contribution in [1.82, 2.24) is 4.90 Å². The summed E-state index contributed by atoms with van der Waals surface area (Å²) in [5.41, 5.74) is 2.02. The van der Waals surface area contributed by atoms with Gasteiger partial charge in [0.2, 0.25) is 0 Å². The van der Waals surface area contributed by atoms with E-state index in [1.807, 2.05) is 43.3 Å². The number of methoxy groups -OCH3 is 1. The lowest BCUT2D eigenvalue weighted by Gasteiger charge is -2.33. The quantitative estimate of drug-likeness (QED) is 0.601. The van der Waals surface area contributed by atoms with Crippen molar-refractivity contribution in [2.75, 3.05) is 31.7 Å². The first-order chi connectivity index (χ1) is 15.5. The van der Waals surface area contributed by atoms with Crippen molar-refractivity contribution in [3.05, 3.63) is 59.8 Å². The molecule has 4 rings (SSSR count). The number of anilines is 1. The number of likely N-dealkylation sites (tertiary alicyclic amines) is 1. The molecule has 168 valence electrons. The minimum atomic E-state index is -0.333. The summed E-state index contributed by atoms with van der Waals surface area (Å²) in [6.07, 6.45) is 2.99. The van der Waals surface area contributed by atoms with Gasteiger partial charge >= 0.3 is 0 Å². The number of nitrogens with zero attached hydrogens (tertiary/aromatic N) is 2. The van der Waals surface area contributed by atoms with Gasteiger partial charge in [-0.2, -0.15) is 0 Å². The van der Waals surface area contributed by atoms with Crippen LogP contribution in [0.4, 0.5) is 5.69 Å². The minimum Gasteiger partial charge on any atom is -0.496 e. The van der Waals surface area contributed by atoms with Gasteiger partial charge in [-0.05, 0) is 43.4 Å². The number of amides is 2. The lowest BCUT2D eigenvalue weighted by molar-refractivity contribution is -0.120.